The van der Waals surface area contributed by atoms with Gasteiger partial charge in [0.05, 0.1) is 17.0 Å². The summed E-state index contributed by atoms with van der Waals surface area (Å²) in [7, 11) is 0. The van der Waals surface area contributed by atoms with Gasteiger partial charge in [0, 0.05) is 17.3 Å². The van der Waals surface area contributed by atoms with Crippen molar-refractivity contribution >= 4 is 23.2 Å². The van der Waals surface area contributed by atoms with Crippen LogP contribution in [0.5, 0.6) is 0 Å². The van der Waals surface area contributed by atoms with E-state index in [1.807, 2.05) is 0 Å². The standard InChI is InChI=1S/C18H12ClF2N3O2/c19-14-7-13(5-6-15(14)21)23-17(25)9-24-10-22-16(8-18(24)26)11-1-3-12(20)4-2-11/h1-8,10H,9H2,(H,23,25). The lowest BCUT2D eigenvalue weighted by atomic mass is 10.1. The van der Waals surface area contributed by atoms with Gasteiger partial charge in [0.15, 0.2) is 0 Å². The van der Waals surface area contributed by atoms with E-state index in [1.165, 1.54) is 48.8 Å². The van der Waals surface area contributed by atoms with Crippen molar-refractivity contribution in [2.45, 2.75) is 6.54 Å². The average molecular weight is 376 g/mol. The molecule has 1 amide bonds. The highest BCUT2D eigenvalue weighted by atomic mass is 35.5. The highest BCUT2D eigenvalue weighted by molar-refractivity contribution is 6.31. The molecule has 0 fully saturated rings. The predicted octanol–water partition coefficient (Wildman–Crippen LogP) is 3.48. The summed E-state index contributed by atoms with van der Waals surface area (Å²) in [5.74, 6) is -1.48. The number of hydrogen-bond acceptors (Lipinski definition) is 3. The molecule has 0 bridgehead atoms. The fourth-order valence-corrected chi connectivity index (χ4v) is 2.43. The number of carbonyl (C=O) groups excluding carboxylic acids is 1. The molecule has 2 aromatic carbocycles. The number of carbonyl (C=O) groups is 1. The van der Waals surface area contributed by atoms with Crippen LogP contribution in [0.1, 0.15) is 0 Å². The van der Waals surface area contributed by atoms with E-state index in [0.717, 1.165) is 10.6 Å². The molecule has 3 rings (SSSR count). The molecule has 0 atom stereocenters. The van der Waals surface area contributed by atoms with Gasteiger partial charge >= 0.3 is 0 Å². The molecule has 8 heteroatoms. The topological polar surface area (TPSA) is 64.0 Å². The maximum atomic E-state index is 13.1. The molecule has 0 saturated heterocycles. The average Bonchev–Trinajstić information content (AvgIpc) is 2.60. The molecule has 132 valence electrons. The number of hydrogen-bond donors (Lipinski definition) is 1. The molecular formula is C18H12ClF2N3O2. The van der Waals surface area contributed by atoms with Crippen molar-refractivity contribution in [3.05, 3.63) is 81.9 Å². The van der Waals surface area contributed by atoms with Crippen LogP contribution in [-0.4, -0.2) is 15.5 Å². The smallest absolute Gasteiger partial charge is 0.254 e. The van der Waals surface area contributed by atoms with E-state index < -0.39 is 17.3 Å². The number of halogens is 3. The summed E-state index contributed by atoms with van der Waals surface area (Å²) in [6, 6.07) is 10.6. The third-order valence-corrected chi connectivity index (χ3v) is 3.83. The first-order chi connectivity index (χ1) is 12.4. The largest absolute Gasteiger partial charge is 0.324 e. The summed E-state index contributed by atoms with van der Waals surface area (Å²) in [6.45, 7) is -0.273. The molecule has 0 unspecified atom stereocenters. The maximum Gasteiger partial charge on any atom is 0.254 e. The van der Waals surface area contributed by atoms with Gasteiger partial charge in [-0.3, -0.25) is 14.2 Å². The Kier molecular flexibility index (Phi) is 5.09. The molecule has 3 aromatic rings. The van der Waals surface area contributed by atoms with Gasteiger partial charge < -0.3 is 5.32 Å². The van der Waals surface area contributed by atoms with Gasteiger partial charge in [-0.1, -0.05) is 11.6 Å². The predicted molar refractivity (Wildman–Crippen MR) is 93.9 cm³/mol. The Morgan fingerprint density at radius 3 is 2.50 bits per heavy atom. The van der Waals surface area contributed by atoms with Gasteiger partial charge in [-0.2, -0.15) is 0 Å². The summed E-state index contributed by atoms with van der Waals surface area (Å²) in [5.41, 5.74) is 0.829. The molecule has 26 heavy (non-hydrogen) atoms. The van der Waals surface area contributed by atoms with Crippen LogP contribution in [0.4, 0.5) is 14.5 Å². The number of nitrogens with one attached hydrogen (secondary N) is 1. The minimum Gasteiger partial charge on any atom is -0.324 e. The third-order valence-electron chi connectivity index (χ3n) is 3.54. The van der Waals surface area contributed by atoms with Gasteiger partial charge in [0.2, 0.25) is 5.91 Å². The number of amides is 1. The minimum absolute atomic E-state index is 0.120. The van der Waals surface area contributed by atoms with E-state index in [9.17, 15) is 18.4 Å². The summed E-state index contributed by atoms with van der Waals surface area (Å²) >= 11 is 5.65. The minimum atomic E-state index is -0.596. The van der Waals surface area contributed by atoms with Crippen LogP contribution in [0.15, 0.2) is 59.7 Å². The zero-order chi connectivity index (χ0) is 18.7. The summed E-state index contributed by atoms with van der Waals surface area (Å²) in [4.78, 5) is 28.3. The fourth-order valence-electron chi connectivity index (χ4n) is 2.25. The van der Waals surface area contributed by atoms with Gasteiger partial charge in [0.25, 0.3) is 5.56 Å². The van der Waals surface area contributed by atoms with E-state index in [1.54, 1.807) is 0 Å². The molecule has 1 heterocycles. The summed E-state index contributed by atoms with van der Waals surface area (Å²) in [6.07, 6.45) is 1.23. The lowest BCUT2D eigenvalue weighted by molar-refractivity contribution is -0.116. The molecule has 0 aliphatic heterocycles. The SMILES string of the molecule is O=C(Cn1cnc(-c2ccc(F)cc2)cc1=O)Nc1ccc(F)c(Cl)c1. The van der Waals surface area contributed by atoms with E-state index in [2.05, 4.69) is 10.3 Å². The van der Waals surface area contributed by atoms with Crippen molar-refractivity contribution in [2.24, 2.45) is 0 Å². The first-order valence-corrected chi connectivity index (χ1v) is 7.87. The normalized spacial score (nSPS) is 10.6. The van der Waals surface area contributed by atoms with Crippen molar-refractivity contribution in [3.63, 3.8) is 0 Å². The number of benzene rings is 2. The van der Waals surface area contributed by atoms with Gasteiger partial charge in [-0.05, 0) is 42.5 Å². The first-order valence-electron chi connectivity index (χ1n) is 7.50. The first kappa shape index (κ1) is 17.8. The van der Waals surface area contributed by atoms with E-state index in [4.69, 9.17) is 11.6 Å². The highest BCUT2D eigenvalue weighted by Crippen LogP contribution is 2.19. The molecule has 0 radical (unpaired) electrons. The fraction of sp³-hybridized carbons (Fsp3) is 0.0556. The number of rotatable bonds is 4. The van der Waals surface area contributed by atoms with Crippen LogP contribution in [0.25, 0.3) is 11.3 Å². The molecule has 0 spiro atoms. The van der Waals surface area contributed by atoms with Crippen molar-refractivity contribution in [1.29, 1.82) is 0 Å². The molecule has 5 nitrogen and oxygen atoms in total. The zero-order valence-electron chi connectivity index (χ0n) is 13.2. The second-order valence-electron chi connectivity index (χ2n) is 5.42. The molecular weight excluding hydrogens is 364 g/mol. The maximum absolute atomic E-state index is 13.1. The second-order valence-corrected chi connectivity index (χ2v) is 5.83. The monoisotopic (exact) mass is 375 g/mol. The van der Waals surface area contributed by atoms with E-state index in [0.29, 0.717) is 16.9 Å². The summed E-state index contributed by atoms with van der Waals surface area (Å²) < 4.78 is 27.2. The van der Waals surface area contributed by atoms with Crippen LogP contribution < -0.4 is 10.9 Å². The third kappa shape index (κ3) is 4.12. The van der Waals surface area contributed by atoms with Crippen molar-refractivity contribution in [1.82, 2.24) is 9.55 Å². The second kappa shape index (κ2) is 7.45. The van der Waals surface area contributed by atoms with Crippen LogP contribution >= 0.6 is 11.6 Å². The molecule has 0 aliphatic carbocycles. The zero-order valence-corrected chi connectivity index (χ0v) is 14.0. The molecule has 1 N–H and O–H groups in total. The number of aromatic nitrogens is 2. The quantitative estimate of drug-likeness (QED) is 0.759. The van der Waals surface area contributed by atoms with Crippen molar-refractivity contribution in [2.75, 3.05) is 5.32 Å². The molecule has 1 aromatic heterocycles. The van der Waals surface area contributed by atoms with Gasteiger partial charge in [0.1, 0.15) is 18.2 Å². The number of anilines is 1. The Morgan fingerprint density at radius 1 is 1.12 bits per heavy atom. The molecule has 0 aliphatic rings. The van der Waals surface area contributed by atoms with E-state index >= 15 is 0 Å². The Bertz CT molecular complexity index is 1020. The molecule has 0 saturated carbocycles. The Hall–Kier alpha value is -3.06. The Balaban J connectivity index is 1.73. The Labute approximate surface area is 151 Å². The highest BCUT2D eigenvalue weighted by Gasteiger charge is 2.09. The van der Waals surface area contributed by atoms with Crippen LogP contribution in [0.3, 0.4) is 0 Å². The summed E-state index contributed by atoms with van der Waals surface area (Å²) in [5, 5.41) is 2.40. The van der Waals surface area contributed by atoms with Crippen LogP contribution in [-0.2, 0) is 11.3 Å². The number of nitrogens with zero attached hydrogens (tertiary/aromatic N) is 2. The Morgan fingerprint density at radius 2 is 1.85 bits per heavy atom. The van der Waals surface area contributed by atoms with Gasteiger partial charge in [-0.15, -0.1) is 0 Å². The lowest BCUT2D eigenvalue weighted by Crippen LogP contribution is -2.27. The lowest BCUT2D eigenvalue weighted by Gasteiger charge is -2.08. The van der Waals surface area contributed by atoms with Crippen LogP contribution in [0.2, 0.25) is 5.02 Å². The van der Waals surface area contributed by atoms with Crippen molar-refractivity contribution < 1.29 is 13.6 Å². The van der Waals surface area contributed by atoms with Gasteiger partial charge in [-0.25, -0.2) is 13.8 Å². The van der Waals surface area contributed by atoms with Crippen molar-refractivity contribution in [3.8, 4) is 11.3 Å². The van der Waals surface area contributed by atoms with Crippen LogP contribution in [0, 0.1) is 11.6 Å². The van der Waals surface area contributed by atoms with E-state index in [-0.39, 0.29) is 17.4 Å².